The van der Waals surface area contributed by atoms with Crippen LogP contribution in [0.3, 0.4) is 0 Å². The number of aromatic hydroxyl groups is 2. The van der Waals surface area contributed by atoms with Crippen LogP contribution in [0.5, 0.6) is 11.5 Å². The number of para-hydroxylation sites is 2. The molecule has 4 aromatic rings. The fourth-order valence-electron chi connectivity index (χ4n) is 4.23. The van der Waals surface area contributed by atoms with Crippen LogP contribution < -0.4 is 11.3 Å². The average Bonchev–Trinajstić information content (AvgIpc) is 2.76. The van der Waals surface area contributed by atoms with Crippen molar-refractivity contribution in [3.05, 3.63) is 79.5 Å². The van der Waals surface area contributed by atoms with Crippen LogP contribution in [0, 0.1) is 0 Å². The molecular weight excluding hydrogens is 424 g/mol. The standard InChI is InChI=1S/C26H24O7/c1-12(2)14-7-5-9-16-21(28)19(25(30)32-23(14)16)18(11-27)20-22(29)17-10-6-8-15(13(3)4)24(17)33-26(20)31/h5-13,18,28-29H,1-4H3. The molecule has 33 heavy (non-hydrogen) atoms. The van der Waals surface area contributed by atoms with Crippen molar-refractivity contribution in [2.45, 2.75) is 45.4 Å². The molecule has 7 heteroatoms. The summed E-state index contributed by atoms with van der Waals surface area (Å²) in [5.41, 5.74) is -0.966. The van der Waals surface area contributed by atoms with Gasteiger partial charge in [-0.3, -0.25) is 0 Å². The lowest BCUT2D eigenvalue weighted by molar-refractivity contribution is -0.108. The van der Waals surface area contributed by atoms with Crippen LogP contribution in [-0.2, 0) is 4.79 Å². The van der Waals surface area contributed by atoms with E-state index in [0.717, 1.165) is 0 Å². The summed E-state index contributed by atoms with van der Waals surface area (Å²) in [7, 11) is 0. The van der Waals surface area contributed by atoms with Crippen LogP contribution in [0.1, 0.15) is 67.7 Å². The Morgan fingerprint density at radius 1 is 0.727 bits per heavy atom. The average molecular weight is 448 g/mol. The first-order chi connectivity index (χ1) is 15.7. The molecule has 0 amide bonds. The monoisotopic (exact) mass is 448 g/mol. The van der Waals surface area contributed by atoms with E-state index >= 15 is 0 Å². The highest BCUT2D eigenvalue weighted by atomic mass is 16.4. The van der Waals surface area contributed by atoms with E-state index in [2.05, 4.69) is 0 Å². The molecule has 0 atom stereocenters. The van der Waals surface area contributed by atoms with Gasteiger partial charge in [0.2, 0.25) is 0 Å². The molecule has 0 aliphatic rings. The first kappa shape index (κ1) is 22.3. The number of aldehydes is 1. The summed E-state index contributed by atoms with van der Waals surface area (Å²) in [6.07, 6.45) is 0.314. The maximum absolute atomic E-state index is 12.9. The van der Waals surface area contributed by atoms with Crippen molar-refractivity contribution in [2.75, 3.05) is 0 Å². The van der Waals surface area contributed by atoms with Gasteiger partial charge in [0, 0.05) is 0 Å². The molecule has 2 N–H and O–H groups in total. The van der Waals surface area contributed by atoms with Gasteiger partial charge in [0.15, 0.2) is 0 Å². The third kappa shape index (κ3) is 3.50. The highest BCUT2D eigenvalue weighted by Gasteiger charge is 2.31. The Hall–Kier alpha value is -3.87. The minimum Gasteiger partial charge on any atom is -0.507 e. The van der Waals surface area contributed by atoms with Gasteiger partial charge in [-0.2, -0.15) is 0 Å². The molecule has 4 rings (SSSR count). The molecule has 0 unspecified atom stereocenters. The second-order valence-corrected chi connectivity index (χ2v) is 8.67. The molecular formula is C26H24O7. The predicted molar refractivity (Wildman–Crippen MR) is 124 cm³/mol. The van der Waals surface area contributed by atoms with E-state index in [-0.39, 0.29) is 33.8 Å². The topological polar surface area (TPSA) is 118 Å². The van der Waals surface area contributed by atoms with Crippen molar-refractivity contribution >= 4 is 28.2 Å². The fraction of sp³-hybridized carbons (Fsp3) is 0.269. The zero-order valence-electron chi connectivity index (χ0n) is 18.7. The first-order valence-electron chi connectivity index (χ1n) is 10.7. The lowest BCUT2D eigenvalue weighted by atomic mass is 9.90. The number of hydrogen-bond donors (Lipinski definition) is 2. The van der Waals surface area contributed by atoms with Crippen molar-refractivity contribution in [1.82, 2.24) is 0 Å². The summed E-state index contributed by atoms with van der Waals surface area (Å²) in [5.74, 6) is -2.52. The molecule has 0 aliphatic heterocycles. The smallest absolute Gasteiger partial charge is 0.344 e. The van der Waals surface area contributed by atoms with E-state index in [4.69, 9.17) is 8.83 Å². The van der Waals surface area contributed by atoms with Gasteiger partial charge in [0.25, 0.3) is 0 Å². The van der Waals surface area contributed by atoms with E-state index < -0.39 is 39.8 Å². The van der Waals surface area contributed by atoms with Crippen molar-refractivity contribution in [3.63, 3.8) is 0 Å². The van der Waals surface area contributed by atoms with E-state index in [1.807, 2.05) is 27.7 Å². The molecule has 2 aromatic heterocycles. The number of hydrogen-bond acceptors (Lipinski definition) is 7. The third-order valence-electron chi connectivity index (χ3n) is 5.94. The van der Waals surface area contributed by atoms with Crippen molar-refractivity contribution < 1.29 is 23.8 Å². The fourth-order valence-corrected chi connectivity index (χ4v) is 4.23. The number of carbonyl (C=O) groups is 1. The third-order valence-corrected chi connectivity index (χ3v) is 5.94. The number of rotatable bonds is 5. The number of carbonyl (C=O) groups excluding carboxylic acids is 1. The molecule has 7 nitrogen and oxygen atoms in total. The summed E-state index contributed by atoms with van der Waals surface area (Å²) < 4.78 is 11.0. The highest BCUT2D eigenvalue weighted by molar-refractivity contribution is 5.91. The van der Waals surface area contributed by atoms with Crippen LogP contribution in [0.4, 0.5) is 0 Å². The largest absolute Gasteiger partial charge is 0.507 e. The number of fused-ring (bicyclic) bond motifs is 2. The van der Waals surface area contributed by atoms with Gasteiger partial charge in [0.05, 0.1) is 27.8 Å². The van der Waals surface area contributed by atoms with E-state index in [9.17, 15) is 24.6 Å². The van der Waals surface area contributed by atoms with Gasteiger partial charge in [0.1, 0.15) is 29.0 Å². The van der Waals surface area contributed by atoms with Gasteiger partial charge < -0.3 is 23.8 Å². The Morgan fingerprint density at radius 3 is 1.45 bits per heavy atom. The van der Waals surface area contributed by atoms with Gasteiger partial charge in [-0.15, -0.1) is 0 Å². The van der Waals surface area contributed by atoms with Crippen LogP contribution >= 0.6 is 0 Å². The summed E-state index contributed by atoms with van der Waals surface area (Å²) >= 11 is 0. The summed E-state index contributed by atoms with van der Waals surface area (Å²) in [6.45, 7) is 7.66. The summed E-state index contributed by atoms with van der Waals surface area (Å²) in [6, 6.07) is 10.1. The molecule has 0 spiro atoms. The highest BCUT2D eigenvalue weighted by Crippen LogP contribution is 2.39. The quantitative estimate of drug-likeness (QED) is 0.330. The van der Waals surface area contributed by atoms with Crippen molar-refractivity contribution in [2.24, 2.45) is 0 Å². The predicted octanol–water partition coefficient (Wildman–Crippen LogP) is 4.89. The van der Waals surface area contributed by atoms with Gasteiger partial charge in [-0.1, -0.05) is 52.0 Å². The maximum atomic E-state index is 12.9. The normalized spacial score (nSPS) is 11.8. The second kappa shape index (κ2) is 8.24. The molecule has 0 fully saturated rings. The van der Waals surface area contributed by atoms with E-state index in [0.29, 0.717) is 17.4 Å². The minimum absolute atomic E-state index is 0.00991. The lowest BCUT2D eigenvalue weighted by Crippen LogP contribution is -2.21. The molecule has 170 valence electrons. The first-order valence-corrected chi connectivity index (χ1v) is 10.7. The lowest BCUT2D eigenvalue weighted by Gasteiger charge is -2.16. The second-order valence-electron chi connectivity index (χ2n) is 8.67. The van der Waals surface area contributed by atoms with Gasteiger partial charge in [-0.05, 0) is 35.1 Å². The molecule has 0 radical (unpaired) electrons. The zero-order valence-corrected chi connectivity index (χ0v) is 18.7. The van der Waals surface area contributed by atoms with Gasteiger partial charge >= 0.3 is 11.3 Å². The Morgan fingerprint density at radius 2 is 1.12 bits per heavy atom. The number of benzene rings is 2. The Labute approximate surface area is 188 Å². The van der Waals surface area contributed by atoms with Crippen LogP contribution in [0.25, 0.3) is 21.9 Å². The van der Waals surface area contributed by atoms with Crippen LogP contribution in [-0.4, -0.2) is 16.5 Å². The van der Waals surface area contributed by atoms with E-state index in [1.54, 1.807) is 36.4 Å². The molecule has 2 aromatic carbocycles. The van der Waals surface area contributed by atoms with Crippen molar-refractivity contribution in [1.29, 1.82) is 0 Å². The SMILES string of the molecule is CC(C)c1cccc2c(O)c(C(C=O)c3c(O)c4cccc(C(C)C)c4oc3=O)c(=O)oc12. The molecule has 0 saturated carbocycles. The van der Waals surface area contributed by atoms with E-state index in [1.165, 1.54) is 0 Å². The van der Waals surface area contributed by atoms with Crippen LogP contribution in [0.2, 0.25) is 0 Å². The summed E-state index contributed by atoms with van der Waals surface area (Å²) in [4.78, 5) is 38.0. The molecule has 0 bridgehead atoms. The zero-order chi connectivity index (χ0) is 24.0. The Balaban J connectivity index is 2.04. The maximum Gasteiger partial charge on any atom is 0.344 e. The van der Waals surface area contributed by atoms with Gasteiger partial charge in [-0.25, -0.2) is 9.59 Å². The molecule has 0 aliphatic carbocycles. The Bertz CT molecular complexity index is 1390. The molecule has 0 saturated heterocycles. The Kier molecular flexibility index (Phi) is 5.57. The summed E-state index contributed by atoms with van der Waals surface area (Å²) in [5, 5.41) is 22.4. The van der Waals surface area contributed by atoms with Crippen molar-refractivity contribution in [3.8, 4) is 11.5 Å². The van der Waals surface area contributed by atoms with Crippen LogP contribution in [0.15, 0.2) is 54.8 Å². The molecule has 2 heterocycles. The minimum atomic E-state index is -1.59.